The van der Waals surface area contributed by atoms with Crippen LogP contribution in [-0.4, -0.2) is 60.3 Å². The number of hydrogen-bond donors (Lipinski definition) is 1. The second kappa shape index (κ2) is 8.04. The second-order valence-electron chi connectivity index (χ2n) is 9.17. The molecule has 168 valence electrons. The minimum atomic E-state index is -1.16. The van der Waals surface area contributed by atoms with Crippen LogP contribution in [0.5, 0.6) is 0 Å². The van der Waals surface area contributed by atoms with Crippen molar-refractivity contribution in [3.8, 4) is 0 Å². The van der Waals surface area contributed by atoms with Gasteiger partial charge < -0.3 is 24.1 Å². The number of esters is 1. The summed E-state index contributed by atoms with van der Waals surface area (Å²) >= 11 is 0. The van der Waals surface area contributed by atoms with Crippen LogP contribution < -0.4 is 0 Å². The molecule has 4 rings (SSSR count). The molecule has 31 heavy (non-hydrogen) atoms. The predicted molar refractivity (Wildman–Crippen MR) is 112 cm³/mol. The first-order chi connectivity index (χ1) is 14.7. The summed E-state index contributed by atoms with van der Waals surface area (Å²) in [6.07, 6.45) is 3.46. The molecule has 1 N–H and O–H groups in total. The predicted octanol–water partition coefficient (Wildman–Crippen LogP) is 3.62. The zero-order valence-electron chi connectivity index (χ0n) is 18.4. The maximum Gasteiger partial charge on any atom is 0.339 e. The highest BCUT2D eigenvalue weighted by Crippen LogP contribution is 2.59. The molecule has 2 heterocycles. The van der Waals surface area contributed by atoms with Crippen LogP contribution in [0.3, 0.4) is 0 Å². The number of benzene rings is 1. The summed E-state index contributed by atoms with van der Waals surface area (Å²) in [6.45, 7) is 6.86. The number of rotatable bonds is 7. The third-order valence-electron chi connectivity index (χ3n) is 6.87. The highest BCUT2D eigenvalue weighted by atomic mass is 16.6. The van der Waals surface area contributed by atoms with E-state index in [1.54, 1.807) is 19.2 Å². The van der Waals surface area contributed by atoms with E-state index in [0.29, 0.717) is 13.0 Å². The van der Waals surface area contributed by atoms with Crippen molar-refractivity contribution in [3.05, 3.63) is 47.0 Å². The summed E-state index contributed by atoms with van der Waals surface area (Å²) in [5.41, 5.74) is 0.477. The maximum atomic E-state index is 12.9. The monoisotopic (exact) mass is 430 g/mol. The Morgan fingerprint density at radius 3 is 2.52 bits per heavy atom. The smallest absolute Gasteiger partial charge is 0.339 e. The molecule has 1 aromatic rings. The lowest BCUT2D eigenvalue weighted by Crippen LogP contribution is -2.55. The van der Waals surface area contributed by atoms with Gasteiger partial charge in [-0.25, -0.2) is 9.59 Å². The summed E-state index contributed by atoms with van der Waals surface area (Å²) in [5, 5.41) is 9.40. The summed E-state index contributed by atoms with van der Waals surface area (Å²) < 4.78 is 23.8. The molecule has 7 nitrogen and oxygen atoms in total. The number of carboxylic acids is 1. The van der Waals surface area contributed by atoms with E-state index in [-0.39, 0.29) is 28.7 Å². The molecule has 3 aliphatic rings. The van der Waals surface area contributed by atoms with E-state index >= 15 is 0 Å². The summed E-state index contributed by atoms with van der Waals surface area (Å²) in [5.74, 6) is -1.90. The van der Waals surface area contributed by atoms with Gasteiger partial charge in [-0.3, -0.25) is 0 Å². The molecular weight excluding hydrogens is 400 g/mol. The minimum Gasteiger partial charge on any atom is -0.478 e. The maximum absolute atomic E-state index is 12.9. The van der Waals surface area contributed by atoms with Gasteiger partial charge in [-0.2, -0.15) is 0 Å². The largest absolute Gasteiger partial charge is 0.478 e. The van der Waals surface area contributed by atoms with Gasteiger partial charge in [-0.1, -0.05) is 23.8 Å². The van der Waals surface area contributed by atoms with Crippen LogP contribution in [-0.2, 0) is 18.9 Å². The fraction of sp³-hybridized carbons (Fsp3) is 0.583. The lowest BCUT2D eigenvalue weighted by molar-refractivity contribution is -0.120. The SMILES string of the molecule is COC1C(OC(=O)c2ccccc2C(=O)O)CCC2(CO2)C1C1(C)OC1CC=C(C)C. The molecule has 0 amide bonds. The number of aromatic carboxylic acids is 1. The fourth-order valence-corrected chi connectivity index (χ4v) is 5.12. The Kier molecular flexibility index (Phi) is 5.70. The number of ether oxygens (including phenoxy) is 4. The minimum absolute atomic E-state index is 0.0414. The van der Waals surface area contributed by atoms with Crippen molar-refractivity contribution in [1.29, 1.82) is 0 Å². The molecule has 6 atom stereocenters. The van der Waals surface area contributed by atoms with Gasteiger partial charge >= 0.3 is 11.9 Å². The molecule has 1 spiro atoms. The quantitative estimate of drug-likeness (QED) is 0.401. The zero-order chi connectivity index (χ0) is 22.4. The van der Waals surface area contributed by atoms with Crippen LogP contribution in [0, 0.1) is 5.92 Å². The van der Waals surface area contributed by atoms with E-state index < -0.39 is 29.7 Å². The number of carbonyl (C=O) groups is 2. The molecule has 2 saturated heterocycles. The van der Waals surface area contributed by atoms with Crippen LogP contribution in [0.15, 0.2) is 35.9 Å². The normalized spacial score (nSPS) is 36.0. The van der Waals surface area contributed by atoms with Crippen LogP contribution in [0.2, 0.25) is 0 Å². The van der Waals surface area contributed by atoms with Crippen molar-refractivity contribution >= 4 is 11.9 Å². The first-order valence-electron chi connectivity index (χ1n) is 10.7. The van der Waals surface area contributed by atoms with Gasteiger partial charge in [0.2, 0.25) is 0 Å². The lowest BCUT2D eigenvalue weighted by Gasteiger charge is -2.42. The second-order valence-corrected chi connectivity index (χ2v) is 9.17. The first-order valence-corrected chi connectivity index (χ1v) is 10.7. The fourth-order valence-electron chi connectivity index (χ4n) is 5.12. The van der Waals surface area contributed by atoms with Gasteiger partial charge in [0, 0.05) is 7.11 Å². The van der Waals surface area contributed by atoms with Gasteiger partial charge in [-0.05, 0) is 52.2 Å². The first kappa shape index (κ1) is 22.0. The average molecular weight is 430 g/mol. The third-order valence-corrected chi connectivity index (χ3v) is 6.87. The number of hydrogen-bond acceptors (Lipinski definition) is 6. The Morgan fingerprint density at radius 1 is 1.26 bits per heavy atom. The molecule has 3 fully saturated rings. The molecule has 7 heteroatoms. The highest BCUT2D eigenvalue weighted by Gasteiger charge is 2.72. The summed E-state index contributed by atoms with van der Waals surface area (Å²) in [6, 6.07) is 6.08. The van der Waals surface area contributed by atoms with E-state index in [0.717, 1.165) is 12.8 Å². The number of methoxy groups -OCH3 is 1. The Bertz CT molecular complexity index is 899. The van der Waals surface area contributed by atoms with Crippen LogP contribution in [0.1, 0.15) is 60.7 Å². The van der Waals surface area contributed by atoms with E-state index in [9.17, 15) is 14.7 Å². The van der Waals surface area contributed by atoms with E-state index in [4.69, 9.17) is 18.9 Å². The molecular formula is C24H30O7. The van der Waals surface area contributed by atoms with E-state index in [1.807, 2.05) is 0 Å². The molecule has 1 saturated carbocycles. The number of carboxylic acid groups (broad SMARTS) is 1. The van der Waals surface area contributed by atoms with Crippen molar-refractivity contribution in [1.82, 2.24) is 0 Å². The molecule has 0 radical (unpaired) electrons. The van der Waals surface area contributed by atoms with E-state index in [1.165, 1.54) is 17.7 Å². The molecule has 2 aliphatic heterocycles. The van der Waals surface area contributed by atoms with Crippen molar-refractivity contribution in [2.45, 2.75) is 69.5 Å². The van der Waals surface area contributed by atoms with Crippen LogP contribution in [0.25, 0.3) is 0 Å². The van der Waals surface area contributed by atoms with Gasteiger partial charge in [0.15, 0.2) is 0 Å². The van der Waals surface area contributed by atoms with Crippen LogP contribution in [0.4, 0.5) is 0 Å². The Hall–Kier alpha value is -2.22. The Morgan fingerprint density at radius 2 is 1.94 bits per heavy atom. The Balaban J connectivity index is 1.55. The van der Waals surface area contributed by atoms with Crippen molar-refractivity contribution in [2.24, 2.45) is 5.92 Å². The van der Waals surface area contributed by atoms with Crippen molar-refractivity contribution in [3.63, 3.8) is 0 Å². The van der Waals surface area contributed by atoms with Crippen molar-refractivity contribution in [2.75, 3.05) is 13.7 Å². The topological polar surface area (TPSA) is 97.9 Å². The molecule has 1 aromatic carbocycles. The highest BCUT2D eigenvalue weighted by molar-refractivity contribution is 6.02. The number of carbonyl (C=O) groups excluding carboxylic acids is 1. The Labute approximate surface area is 182 Å². The van der Waals surface area contributed by atoms with Gasteiger partial charge in [0.05, 0.1) is 29.8 Å². The zero-order valence-corrected chi connectivity index (χ0v) is 18.4. The van der Waals surface area contributed by atoms with Gasteiger partial charge in [0.1, 0.15) is 23.4 Å². The van der Waals surface area contributed by atoms with Gasteiger partial charge in [-0.15, -0.1) is 0 Å². The van der Waals surface area contributed by atoms with Crippen LogP contribution >= 0.6 is 0 Å². The lowest BCUT2D eigenvalue weighted by atomic mass is 9.68. The molecule has 0 bridgehead atoms. The molecule has 0 aromatic heterocycles. The average Bonchev–Trinajstić information content (AvgIpc) is 3.65. The van der Waals surface area contributed by atoms with E-state index in [2.05, 4.69) is 26.8 Å². The van der Waals surface area contributed by atoms with Gasteiger partial charge in [0.25, 0.3) is 0 Å². The molecule has 1 aliphatic carbocycles. The van der Waals surface area contributed by atoms with Crippen molar-refractivity contribution < 1.29 is 33.6 Å². The third kappa shape index (κ3) is 4.02. The molecule has 6 unspecified atom stereocenters. The summed E-state index contributed by atoms with van der Waals surface area (Å²) in [7, 11) is 1.61. The number of allylic oxidation sites excluding steroid dienone is 1. The summed E-state index contributed by atoms with van der Waals surface area (Å²) in [4.78, 5) is 24.4. The number of epoxide rings is 2. The standard InChI is InChI=1S/C24H30O7/c1-14(2)9-10-18-23(3,31-18)20-19(28-4)17(11-12-24(20)13-29-24)30-22(27)16-8-6-5-7-15(16)21(25)26/h5-9,17-20H,10-13H2,1-4H3,(H,25,26).